The minimum atomic E-state index is -2.49. The van der Waals surface area contributed by atoms with Crippen molar-refractivity contribution in [2.45, 2.75) is 25.5 Å². The highest BCUT2D eigenvalue weighted by molar-refractivity contribution is 7.12. The van der Waals surface area contributed by atoms with Gasteiger partial charge in [0.05, 0.1) is 5.73 Å². The Morgan fingerprint density at radius 1 is 0.667 bits per heavy atom. The smallest absolute Gasteiger partial charge is 0.178 e. The summed E-state index contributed by atoms with van der Waals surface area (Å²) in [4.78, 5) is 0. The van der Waals surface area contributed by atoms with Crippen LogP contribution in [0.15, 0.2) is 91.0 Å². The zero-order valence-corrected chi connectivity index (χ0v) is 15.1. The van der Waals surface area contributed by atoms with E-state index in [4.69, 9.17) is 0 Å². The molecule has 0 aromatic heterocycles. The van der Waals surface area contributed by atoms with E-state index in [-0.39, 0.29) is 5.73 Å². The summed E-state index contributed by atoms with van der Waals surface area (Å²) in [7, 11) is -2.49. The molecule has 0 fully saturated rings. The molecule has 3 aromatic carbocycles. The molecule has 0 radical (unpaired) electrons. The van der Waals surface area contributed by atoms with Gasteiger partial charge in [-0.1, -0.05) is 104 Å². The zero-order valence-electron chi connectivity index (χ0n) is 14.1. The Balaban J connectivity index is 2.33. The normalized spacial score (nSPS) is 12.8. The molecule has 3 aromatic rings. The lowest BCUT2D eigenvalue weighted by molar-refractivity contribution is 0.236. The van der Waals surface area contributed by atoms with Crippen molar-refractivity contribution in [2.24, 2.45) is 0 Å². The van der Waals surface area contributed by atoms with E-state index in [9.17, 15) is 5.11 Å². The molecule has 0 amide bonds. The molecule has 1 unspecified atom stereocenters. The van der Waals surface area contributed by atoms with Crippen molar-refractivity contribution in [3.05, 3.63) is 91.0 Å². The van der Waals surface area contributed by atoms with Crippen molar-refractivity contribution in [3.8, 4) is 0 Å². The monoisotopic (exact) mass is 332 g/mol. The van der Waals surface area contributed by atoms with Crippen LogP contribution >= 0.6 is 0 Å². The first-order valence-corrected chi connectivity index (χ1v) is 10.7. The van der Waals surface area contributed by atoms with Gasteiger partial charge in [0.2, 0.25) is 0 Å². The number of hydrogen-bond acceptors (Lipinski definition) is 1. The summed E-state index contributed by atoms with van der Waals surface area (Å²) in [6, 6.07) is 31.8. The van der Waals surface area contributed by atoms with Crippen LogP contribution in [-0.2, 0) is 0 Å². The van der Waals surface area contributed by atoms with E-state index >= 15 is 0 Å². The average molecular weight is 333 g/mol. The minimum absolute atomic E-state index is 0.352. The molecule has 2 heteroatoms. The summed E-state index contributed by atoms with van der Waals surface area (Å²) in [5, 5.41) is 15.2. The zero-order chi connectivity index (χ0) is 16.8. The lowest BCUT2D eigenvalue weighted by atomic mass is 10.3. The summed E-state index contributed by atoms with van der Waals surface area (Å²) >= 11 is 0. The fraction of sp³-hybridized carbons (Fsp3) is 0.182. The Labute approximate surface area is 145 Å². The van der Waals surface area contributed by atoms with E-state index in [0.29, 0.717) is 0 Å². The van der Waals surface area contributed by atoms with Crippen molar-refractivity contribution in [2.75, 3.05) is 0 Å². The maximum atomic E-state index is 11.4. The molecule has 1 N–H and O–H groups in total. The molecule has 3 rings (SSSR count). The highest BCUT2D eigenvalue weighted by Crippen LogP contribution is 2.16. The third kappa shape index (κ3) is 2.95. The number of rotatable bonds is 6. The molecule has 0 heterocycles. The predicted molar refractivity (Wildman–Crippen MR) is 105 cm³/mol. The average Bonchev–Trinajstić information content (AvgIpc) is 2.65. The van der Waals surface area contributed by atoms with Crippen LogP contribution in [0.2, 0.25) is 0 Å². The first kappa shape index (κ1) is 16.7. The van der Waals surface area contributed by atoms with Gasteiger partial charge in [0.1, 0.15) is 0 Å². The maximum absolute atomic E-state index is 11.4. The van der Waals surface area contributed by atoms with Crippen molar-refractivity contribution in [1.82, 2.24) is 0 Å². The van der Waals surface area contributed by atoms with Gasteiger partial charge in [-0.25, -0.2) is 0 Å². The van der Waals surface area contributed by atoms with Crippen LogP contribution in [0, 0.1) is 0 Å². The van der Waals surface area contributed by atoms with E-state index in [0.717, 1.165) is 12.8 Å². The molecule has 122 valence electrons. The number of hydrogen-bond donors (Lipinski definition) is 1. The number of benzene rings is 3. The van der Waals surface area contributed by atoms with E-state index in [1.54, 1.807) is 0 Å². The highest BCUT2D eigenvalue weighted by atomic mass is 28.3. The van der Waals surface area contributed by atoms with Gasteiger partial charge in [-0.15, -0.1) is 0 Å². The second kappa shape index (κ2) is 7.60. The first-order chi connectivity index (χ1) is 11.8. The molecule has 0 saturated heterocycles. The molecular weight excluding hydrogens is 308 g/mol. The third-order valence-corrected chi connectivity index (χ3v) is 9.77. The Morgan fingerprint density at radius 3 is 1.29 bits per heavy atom. The fourth-order valence-electron chi connectivity index (χ4n) is 3.67. The summed E-state index contributed by atoms with van der Waals surface area (Å²) in [6.07, 6.45) is 1.79. The van der Waals surface area contributed by atoms with Crippen molar-refractivity contribution in [1.29, 1.82) is 0 Å². The Bertz CT molecular complexity index is 644. The van der Waals surface area contributed by atoms with Gasteiger partial charge >= 0.3 is 0 Å². The highest BCUT2D eigenvalue weighted by Gasteiger charge is 2.45. The Hall–Kier alpha value is -2.16. The van der Waals surface area contributed by atoms with Gasteiger partial charge in [0.15, 0.2) is 8.07 Å². The minimum Gasteiger partial charge on any atom is -0.395 e. The topological polar surface area (TPSA) is 20.2 Å². The molecule has 1 nitrogen and oxygen atoms in total. The van der Waals surface area contributed by atoms with E-state index in [2.05, 4.69) is 79.7 Å². The van der Waals surface area contributed by atoms with Gasteiger partial charge < -0.3 is 5.11 Å². The van der Waals surface area contributed by atoms with Crippen molar-refractivity contribution < 1.29 is 5.11 Å². The van der Waals surface area contributed by atoms with Crippen molar-refractivity contribution in [3.63, 3.8) is 0 Å². The molecule has 0 saturated carbocycles. The number of aliphatic hydroxyl groups is 1. The summed E-state index contributed by atoms with van der Waals surface area (Å²) in [5.41, 5.74) is -0.352. The van der Waals surface area contributed by atoms with Crippen LogP contribution in [0.4, 0.5) is 0 Å². The third-order valence-electron chi connectivity index (χ3n) is 4.75. The van der Waals surface area contributed by atoms with Crippen molar-refractivity contribution >= 4 is 23.6 Å². The van der Waals surface area contributed by atoms with Gasteiger partial charge in [-0.05, 0) is 22.0 Å². The summed E-state index contributed by atoms with van der Waals surface area (Å²) in [5.74, 6) is 0. The summed E-state index contributed by atoms with van der Waals surface area (Å²) in [6.45, 7) is 2.14. The molecule has 1 atom stereocenters. The lowest BCUT2D eigenvalue weighted by Crippen LogP contribution is -2.74. The SMILES string of the molecule is CCCC(O)[Si](c1ccccc1)(c1ccccc1)c1ccccc1. The first-order valence-electron chi connectivity index (χ1n) is 8.64. The second-order valence-corrected chi connectivity index (χ2v) is 10.2. The Morgan fingerprint density at radius 2 is 1.00 bits per heavy atom. The molecule has 0 aliphatic carbocycles. The Kier molecular flexibility index (Phi) is 5.29. The molecule has 0 aliphatic rings. The maximum Gasteiger partial charge on any atom is 0.178 e. The van der Waals surface area contributed by atoms with Crippen LogP contribution in [0.25, 0.3) is 0 Å². The largest absolute Gasteiger partial charge is 0.395 e. The standard InChI is InChI=1S/C22H24OSi/c1-2-12-22(23)24(19-13-6-3-7-14-19,20-15-8-4-9-16-20)21-17-10-5-11-18-21/h3-11,13-18,22-23H,2,12H2,1H3. The van der Waals surface area contributed by atoms with Crippen LogP contribution in [0.1, 0.15) is 19.8 Å². The lowest BCUT2D eigenvalue weighted by Gasteiger charge is -2.37. The summed E-state index contributed by atoms with van der Waals surface area (Å²) < 4.78 is 0. The molecular formula is C22H24OSi. The fourth-order valence-corrected chi connectivity index (χ4v) is 8.70. The van der Waals surface area contributed by atoms with Crippen LogP contribution in [-0.4, -0.2) is 18.9 Å². The predicted octanol–water partition coefficient (Wildman–Crippen LogP) is 2.86. The number of aliphatic hydroxyl groups excluding tert-OH is 1. The van der Waals surface area contributed by atoms with Crippen LogP contribution in [0.3, 0.4) is 0 Å². The van der Waals surface area contributed by atoms with Gasteiger partial charge in [0.25, 0.3) is 0 Å². The van der Waals surface area contributed by atoms with E-state index in [1.807, 2.05) is 18.2 Å². The molecule has 0 spiro atoms. The molecule has 0 bridgehead atoms. The van der Waals surface area contributed by atoms with Gasteiger partial charge in [-0.3, -0.25) is 0 Å². The van der Waals surface area contributed by atoms with Crippen LogP contribution in [0.5, 0.6) is 0 Å². The quantitative estimate of drug-likeness (QED) is 0.544. The second-order valence-electron chi connectivity index (χ2n) is 6.21. The molecule has 0 aliphatic heterocycles. The van der Waals surface area contributed by atoms with Gasteiger partial charge in [-0.2, -0.15) is 0 Å². The van der Waals surface area contributed by atoms with E-state index in [1.165, 1.54) is 15.6 Å². The van der Waals surface area contributed by atoms with Gasteiger partial charge in [0, 0.05) is 0 Å². The molecule has 24 heavy (non-hydrogen) atoms. The van der Waals surface area contributed by atoms with Crippen LogP contribution < -0.4 is 15.6 Å². The van der Waals surface area contributed by atoms with E-state index < -0.39 is 8.07 Å².